The molecule has 0 amide bonds. The second kappa shape index (κ2) is 6.48. The third-order valence-electron chi connectivity index (χ3n) is 5.89. The van der Waals surface area contributed by atoms with Gasteiger partial charge in [-0.15, -0.1) is 0 Å². The van der Waals surface area contributed by atoms with Crippen molar-refractivity contribution in [3.8, 4) is 0 Å². The highest BCUT2D eigenvalue weighted by Gasteiger charge is 2.45. The van der Waals surface area contributed by atoms with Crippen molar-refractivity contribution in [3.63, 3.8) is 0 Å². The minimum Gasteiger partial charge on any atom is -0.373 e. The molecule has 1 saturated carbocycles. The zero-order chi connectivity index (χ0) is 16.6. The Labute approximate surface area is 144 Å². The van der Waals surface area contributed by atoms with Gasteiger partial charge in [0.1, 0.15) is 18.0 Å². The second-order valence-corrected chi connectivity index (χ2v) is 7.83. The molecule has 6 nitrogen and oxygen atoms in total. The summed E-state index contributed by atoms with van der Waals surface area (Å²) in [7, 11) is 4.01. The normalized spacial score (nSPS) is 31.2. The molecule has 1 aliphatic carbocycles. The van der Waals surface area contributed by atoms with Crippen molar-refractivity contribution in [1.29, 1.82) is 0 Å². The molecular formula is C18H29N5O. The van der Waals surface area contributed by atoms with Crippen molar-refractivity contribution < 1.29 is 4.74 Å². The highest BCUT2D eigenvalue weighted by Crippen LogP contribution is 2.38. The smallest absolute Gasteiger partial charge is 0.133 e. The van der Waals surface area contributed by atoms with Crippen LogP contribution < -0.4 is 10.2 Å². The van der Waals surface area contributed by atoms with Gasteiger partial charge < -0.3 is 15.0 Å². The first-order chi connectivity index (χ1) is 11.6. The number of likely N-dealkylation sites (tertiary alicyclic amines) is 1. The molecule has 1 aromatic rings. The molecule has 132 valence electrons. The third-order valence-corrected chi connectivity index (χ3v) is 5.89. The molecule has 2 saturated heterocycles. The predicted molar refractivity (Wildman–Crippen MR) is 95.5 cm³/mol. The van der Waals surface area contributed by atoms with Crippen LogP contribution in [-0.4, -0.2) is 66.3 Å². The molecule has 0 aromatic carbocycles. The van der Waals surface area contributed by atoms with E-state index in [1.165, 1.54) is 32.2 Å². The van der Waals surface area contributed by atoms with Crippen LogP contribution in [0, 0.1) is 0 Å². The largest absolute Gasteiger partial charge is 0.373 e. The first kappa shape index (κ1) is 16.1. The summed E-state index contributed by atoms with van der Waals surface area (Å²) in [5.74, 6) is 1.86. The van der Waals surface area contributed by atoms with Crippen LogP contribution in [-0.2, 0) is 4.74 Å². The fourth-order valence-electron chi connectivity index (χ4n) is 4.25. The quantitative estimate of drug-likeness (QED) is 0.912. The zero-order valence-electron chi connectivity index (χ0n) is 14.9. The monoisotopic (exact) mass is 331 g/mol. The number of ether oxygens (including phenoxy) is 1. The van der Waals surface area contributed by atoms with Gasteiger partial charge in [0, 0.05) is 51.9 Å². The molecule has 0 unspecified atom stereocenters. The van der Waals surface area contributed by atoms with Crippen LogP contribution in [0.25, 0.3) is 0 Å². The van der Waals surface area contributed by atoms with Crippen molar-refractivity contribution in [2.45, 2.75) is 56.2 Å². The van der Waals surface area contributed by atoms with Crippen LogP contribution in [0.3, 0.4) is 0 Å². The lowest BCUT2D eigenvalue weighted by molar-refractivity contribution is -0.0767. The van der Waals surface area contributed by atoms with E-state index in [9.17, 15) is 0 Å². The first-order valence-corrected chi connectivity index (χ1v) is 9.27. The average molecular weight is 331 g/mol. The SMILES string of the molecule is CN(C)c1cc(N[C@H]2CCO[C@]3(CCN(C4CCC4)C3)C2)ncn1. The Kier molecular flexibility index (Phi) is 4.35. The van der Waals surface area contributed by atoms with Gasteiger partial charge in [-0.1, -0.05) is 6.42 Å². The standard InChI is InChI=1S/C18H29N5O/c1-22(2)17-10-16(19-13-20-17)21-14-6-9-24-18(11-14)7-8-23(12-18)15-4-3-5-15/h10,13-15H,3-9,11-12H2,1-2H3,(H,19,20,21)/t14-,18+/m0/s1. The minimum atomic E-state index is 0.0584. The Morgan fingerprint density at radius 1 is 1.29 bits per heavy atom. The van der Waals surface area contributed by atoms with Gasteiger partial charge in [-0.25, -0.2) is 9.97 Å². The molecule has 0 radical (unpaired) electrons. The summed E-state index contributed by atoms with van der Waals surface area (Å²) in [6, 6.07) is 3.29. The van der Waals surface area contributed by atoms with Gasteiger partial charge in [-0.3, -0.25) is 4.90 Å². The topological polar surface area (TPSA) is 53.5 Å². The van der Waals surface area contributed by atoms with Crippen molar-refractivity contribution >= 4 is 11.6 Å². The lowest BCUT2D eigenvalue weighted by atomic mass is 9.88. The highest BCUT2D eigenvalue weighted by molar-refractivity contribution is 5.47. The van der Waals surface area contributed by atoms with Gasteiger partial charge in [0.15, 0.2) is 0 Å². The van der Waals surface area contributed by atoms with Gasteiger partial charge in [-0.2, -0.15) is 0 Å². The summed E-state index contributed by atoms with van der Waals surface area (Å²) in [5, 5.41) is 3.62. The second-order valence-electron chi connectivity index (χ2n) is 7.83. The first-order valence-electron chi connectivity index (χ1n) is 9.27. The number of nitrogens with one attached hydrogen (secondary N) is 1. The number of hydrogen-bond donors (Lipinski definition) is 1. The number of hydrogen-bond acceptors (Lipinski definition) is 6. The maximum atomic E-state index is 6.28. The van der Waals surface area contributed by atoms with E-state index in [4.69, 9.17) is 4.74 Å². The van der Waals surface area contributed by atoms with Crippen LogP contribution in [0.1, 0.15) is 38.5 Å². The van der Waals surface area contributed by atoms with E-state index in [1.807, 2.05) is 25.1 Å². The van der Waals surface area contributed by atoms with Gasteiger partial charge in [0.25, 0.3) is 0 Å². The van der Waals surface area contributed by atoms with E-state index in [-0.39, 0.29) is 5.60 Å². The number of rotatable bonds is 4. The van der Waals surface area contributed by atoms with E-state index in [0.717, 1.165) is 43.7 Å². The third kappa shape index (κ3) is 3.22. The molecule has 0 bridgehead atoms. The predicted octanol–water partition coefficient (Wildman–Crippen LogP) is 2.13. The molecule has 3 heterocycles. The number of nitrogens with zero attached hydrogens (tertiary/aromatic N) is 4. The van der Waals surface area contributed by atoms with Crippen molar-refractivity contribution in [3.05, 3.63) is 12.4 Å². The van der Waals surface area contributed by atoms with Gasteiger partial charge in [0.05, 0.1) is 5.60 Å². The molecular weight excluding hydrogens is 302 g/mol. The highest BCUT2D eigenvalue weighted by atomic mass is 16.5. The van der Waals surface area contributed by atoms with Crippen LogP contribution in [0.4, 0.5) is 11.6 Å². The fraction of sp³-hybridized carbons (Fsp3) is 0.778. The van der Waals surface area contributed by atoms with E-state index >= 15 is 0 Å². The summed E-state index contributed by atoms with van der Waals surface area (Å²) >= 11 is 0. The van der Waals surface area contributed by atoms with Gasteiger partial charge in [-0.05, 0) is 32.1 Å². The van der Waals surface area contributed by atoms with Crippen molar-refractivity contribution in [2.75, 3.05) is 44.0 Å². The van der Waals surface area contributed by atoms with Crippen LogP contribution in [0.2, 0.25) is 0 Å². The van der Waals surface area contributed by atoms with Crippen molar-refractivity contribution in [1.82, 2.24) is 14.9 Å². The maximum absolute atomic E-state index is 6.28. The lowest BCUT2D eigenvalue weighted by Crippen LogP contribution is -2.48. The molecule has 1 spiro atoms. The Bertz CT molecular complexity index is 576. The maximum Gasteiger partial charge on any atom is 0.133 e. The Morgan fingerprint density at radius 3 is 2.92 bits per heavy atom. The molecule has 3 aliphatic rings. The van der Waals surface area contributed by atoms with Crippen molar-refractivity contribution in [2.24, 2.45) is 0 Å². The lowest BCUT2D eigenvalue weighted by Gasteiger charge is -2.40. The Morgan fingerprint density at radius 2 is 2.17 bits per heavy atom. The number of anilines is 2. The van der Waals surface area contributed by atoms with Gasteiger partial charge >= 0.3 is 0 Å². The summed E-state index contributed by atoms with van der Waals surface area (Å²) < 4.78 is 6.28. The molecule has 4 rings (SSSR count). The number of aromatic nitrogens is 2. The molecule has 6 heteroatoms. The zero-order valence-corrected chi connectivity index (χ0v) is 14.9. The summed E-state index contributed by atoms with van der Waals surface area (Å²) in [6.45, 7) is 3.17. The summed E-state index contributed by atoms with van der Waals surface area (Å²) in [4.78, 5) is 13.4. The molecule has 24 heavy (non-hydrogen) atoms. The molecule has 1 N–H and O–H groups in total. The molecule has 2 atom stereocenters. The van der Waals surface area contributed by atoms with E-state index < -0.39 is 0 Å². The molecule has 3 fully saturated rings. The fourth-order valence-corrected chi connectivity index (χ4v) is 4.25. The van der Waals surface area contributed by atoms with Crippen LogP contribution >= 0.6 is 0 Å². The van der Waals surface area contributed by atoms with E-state index in [2.05, 4.69) is 20.2 Å². The Balaban J connectivity index is 1.39. The van der Waals surface area contributed by atoms with E-state index in [1.54, 1.807) is 6.33 Å². The van der Waals surface area contributed by atoms with Crippen LogP contribution in [0.15, 0.2) is 12.4 Å². The molecule has 1 aromatic heterocycles. The summed E-state index contributed by atoms with van der Waals surface area (Å²) in [6.07, 6.45) is 9.11. The van der Waals surface area contributed by atoms with E-state index in [0.29, 0.717) is 6.04 Å². The molecule has 2 aliphatic heterocycles. The summed E-state index contributed by atoms with van der Waals surface area (Å²) in [5.41, 5.74) is 0.0584. The minimum absolute atomic E-state index is 0.0584. The van der Waals surface area contributed by atoms with Crippen LogP contribution in [0.5, 0.6) is 0 Å². The Hall–Kier alpha value is -1.40. The average Bonchev–Trinajstić information content (AvgIpc) is 2.88. The van der Waals surface area contributed by atoms with Gasteiger partial charge in [0.2, 0.25) is 0 Å².